The highest BCUT2D eigenvalue weighted by Gasteiger charge is 2.23. The lowest BCUT2D eigenvalue weighted by atomic mass is 10.2. The Morgan fingerprint density at radius 3 is 2.56 bits per heavy atom. The minimum Gasteiger partial charge on any atom is -0.265 e. The molecule has 1 unspecified atom stereocenters. The molecule has 1 aliphatic carbocycles. The highest BCUT2D eigenvalue weighted by molar-refractivity contribution is 5.26. The Hall–Kier alpha value is -0.850. The molecule has 0 amide bonds. The van der Waals surface area contributed by atoms with Crippen molar-refractivity contribution in [2.75, 3.05) is 0 Å². The summed E-state index contributed by atoms with van der Waals surface area (Å²) in [5.41, 5.74) is 1.41. The Labute approximate surface area is 54.7 Å². The van der Waals surface area contributed by atoms with Crippen LogP contribution in [0.2, 0.25) is 0 Å². The zero-order chi connectivity index (χ0) is 6.10. The quantitative estimate of drug-likeness (QED) is 0.547. The van der Waals surface area contributed by atoms with Crippen LogP contribution in [0, 0.1) is 6.42 Å². The number of pyridine rings is 1. The maximum absolute atomic E-state index is 3.94. The third-order valence-corrected chi connectivity index (χ3v) is 1.61. The third-order valence-electron chi connectivity index (χ3n) is 1.61. The summed E-state index contributed by atoms with van der Waals surface area (Å²) < 4.78 is 0. The van der Waals surface area contributed by atoms with Gasteiger partial charge in [-0.1, -0.05) is 0 Å². The summed E-state index contributed by atoms with van der Waals surface area (Å²) in [5.74, 6) is 0.744. The second kappa shape index (κ2) is 1.83. The molecule has 0 aromatic carbocycles. The van der Waals surface area contributed by atoms with Crippen LogP contribution in [0.5, 0.6) is 0 Å². The standard InChI is InChI=1S/C8H8N/c1-2-7(1)8-3-5-9-6-4-8/h1,3-7H,2H2. The third kappa shape index (κ3) is 0.947. The van der Waals surface area contributed by atoms with Gasteiger partial charge >= 0.3 is 0 Å². The van der Waals surface area contributed by atoms with E-state index >= 15 is 0 Å². The predicted molar refractivity (Wildman–Crippen MR) is 35.9 cm³/mol. The summed E-state index contributed by atoms with van der Waals surface area (Å²) in [4.78, 5) is 3.94. The molecule has 9 heavy (non-hydrogen) atoms. The van der Waals surface area contributed by atoms with Crippen molar-refractivity contribution in [3.8, 4) is 0 Å². The zero-order valence-corrected chi connectivity index (χ0v) is 5.12. The minimum atomic E-state index is 0.744. The van der Waals surface area contributed by atoms with E-state index in [9.17, 15) is 0 Å². The van der Waals surface area contributed by atoms with Crippen molar-refractivity contribution >= 4 is 0 Å². The van der Waals surface area contributed by atoms with Gasteiger partial charge < -0.3 is 0 Å². The largest absolute Gasteiger partial charge is 0.265 e. The van der Waals surface area contributed by atoms with Crippen LogP contribution in [0.1, 0.15) is 17.9 Å². The van der Waals surface area contributed by atoms with Gasteiger partial charge in [0.15, 0.2) is 0 Å². The fourth-order valence-electron chi connectivity index (χ4n) is 0.951. The SMILES string of the molecule is [CH]1CC1c1ccncc1. The molecule has 1 fully saturated rings. The van der Waals surface area contributed by atoms with Crippen molar-refractivity contribution in [1.29, 1.82) is 0 Å². The van der Waals surface area contributed by atoms with Crippen LogP contribution in [0.4, 0.5) is 0 Å². The van der Waals surface area contributed by atoms with Gasteiger partial charge in [0.2, 0.25) is 0 Å². The van der Waals surface area contributed by atoms with Crippen molar-refractivity contribution in [2.45, 2.75) is 12.3 Å². The summed E-state index contributed by atoms with van der Waals surface area (Å²) in [6.45, 7) is 0. The van der Waals surface area contributed by atoms with Crippen LogP contribution in [-0.4, -0.2) is 4.98 Å². The first kappa shape index (κ1) is 4.98. The van der Waals surface area contributed by atoms with E-state index in [2.05, 4.69) is 23.5 Å². The number of rotatable bonds is 1. The molecule has 1 aromatic heterocycles. The second-order valence-electron chi connectivity index (χ2n) is 2.36. The Balaban J connectivity index is 2.29. The molecule has 0 aliphatic heterocycles. The van der Waals surface area contributed by atoms with Gasteiger partial charge in [-0.25, -0.2) is 0 Å². The van der Waals surface area contributed by atoms with E-state index in [1.54, 1.807) is 0 Å². The van der Waals surface area contributed by atoms with E-state index < -0.39 is 0 Å². The molecule has 1 heterocycles. The van der Waals surface area contributed by atoms with Crippen LogP contribution >= 0.6 is 0 Å². The lowest BCUT2D eigenvalue weighted by Gasteiger charge is -1.91. The molecule has 0 spiro atoms. The van der Waals surface area contributed by atoms with Gasteiger partial charge in [-0.15, -0.1) is 0 Å². The first-order valence-electron chi connectivity index (χ1n) is 3.20. The Morgan fingerprint density at radius 1 is 1.33 bits per heavy atom. The van der Waals surface area contributed by atoms with Crippen LogP contribution in [0.3, 0.4) is 0 Å². The van der Waals surface area contributed by atoms with E-state index in [0.717, 1.165) is 5.92 Å². The number of hydrogen-bond acceptors (Lipinski definition) is 1. The van der Waals surface area contributed by atoms with E-state index in [4.69, 9.17) is 0 Å². The summed E-state index contributed by atoms with van der Waals surface area (Å²) in [7, 11) is 0. The van der Waals surface area contributed by atoms with Crippen molar-refractivity contribution in [3.05, 3.63) is 36.5 Å². The second-order valence-corrected chi connectivity index (χ2v) is 2.36. The van der Waals surface area contributed by atoms with E-state index in [0.29, 0.717) is 0 Å². The summed E-state index contributed by atoms with van der Waals surface area (Å²) in [6, 6.07) is 4.16. The Bertz CT molecular complexity index is 189. The topological polar surface area (TPSA) is 12.9 Å². The summed E-state index contributed by atoms with van der Waals surface area (Å²) >= 11 is 0. The van der Waals surface area contributed by atoms with Crippen LogP contribution in [0.15, 0.2) is 24.5 Å². The molecular formula is C8H8N. The van der Waals surface area contributed by atoms with Crippen LogP contribution < -0.4 is 0 Å². The van der Waals surface area contributed by atoms with E-state index in [1.807, 2.05) is 12.4 Å². The average molecular weight is 118 g/mol. The molecule has 0 bridgehead atoms. The van der Waals surface area contributed by atoms with Crippen LogP contribution in [0.25, 0.3) is 0 Å². The predicted octanol–water partition coefficient (Wildman–Crippen LogP) is 1.77. The molecule has 45 valence electrons. The Morgan fingerprint density at radius 2 is 2.00 bits per heavy atom. The smallest absolute Gasteiger partial charge is 0.0270 e. The van der Waals surface area contributed by atoms with Gasteiger partial charge in [0.1, 0.15) is 0 Å². The molecule has 1 aromatic rings. The molecule has 1 atom stereocenters. The van der Waals surface area contributed by atoms with Crippen molar-refractivity contribution in [3.63, 3.8) is 0 Å². The van der Waals surface area contributed by atoms with E-state index in [-0.39, 0.29) is 0 Å². The zero-order valence-electron chi connectivity index (χ0n) is 5.12. The molecule has 1 saturated carbocycles. The molecule has 2 rings (SSSR count). The van der Waals surface area contributed by atoms with Crippen molar-refractivity contribution in [2.24, 2.45) is 0 Å². The van der Waals surface area contributed by atoms with Crippen LogP contribution in [-0.2, 0) is 0 Å². The lowest BCUT2D eigenvalue weighted by molar-refractivity contribution is 1.13. The summed E-state index contributed by atoms with van der Waals surface area (Å²) in [6.07, 6.45) is 7.25. The van der Waals surface area contributed by atoms with Gasteiger partial charge in [0, 0.05) is 12.4 Å². The number of nitrogens with zero attached hydrogens (tertiary/aromatic N) is 1. The number of aromatic nitrogens is 1. The molecule has 0 saturated heterocycles. The van der Waals surface area contributed by atoms with Gasteiger partial charge in [0.25, 0.3) is 0 Å². The first-order valence-corrected chi connectivity index (χ1v) is 3.20. The molecule has 1 heteroatoms. The monoisotopic (exact) mass is 118 g/mol. The normalized spacial score (nSPS) is 17.8. The fraction of sp³-hybridized carbons (Fsp3) is 0.250. The molecule has 1 aliphatic rings. The van der Waals surface area contributed by atoms with Crippen molar-refractivity contribution in [1.82, 2.24) is 4.98 Å². The minimum absolute atomic E-state index is 0.744. The maximum Gasteiger partial charge on any atom is 0.0270 e. The molecular weight excluding hydrogens is 110 g/mol. The fourth-order valence-corrected chi connectivity index (χ4v) is 0.951. The highest BCUT2D eigenvalue weighted by atomic mass is 14.6. The van der Waals surface area contributed by atoms with Gasteiger partial charge in [-0.3, -0.25) is 4.98 Å². The summed E-state index contributed by atoms with van der Waals surface area (Å²) in [5, 5.41) is 0. The molecule has 1 nitrogen and oxygen atoms in total. The Kier molecular flexibility index (Phi) is 1.01. The van der Waals surface area contributed by atoms with Gasteiger partial charge in [-0.05, 0) is 36.5 Å². The number of hydrogen-bond donors (Lipinski definition) is 0. The first-order chi connectivity index (χ1) is 4.47. The van der Waals surface area contributed by atoms with Gasteiger partial charge in [0.05, 0.1) is 0 Å². The molecule has 0 N–H and O–H groups in total. The van der Waals surface area contributed by atoms with E-state index in [1.165, 1.54) is 12.0 Å². The molecule has 1 radical (unpaired) electrons. The van der Waals surface area contributed by atoms with Gasteiger partial charge in [-0.2, -0.15) is 0 Å². The highest BCUT2D eigenvalue weighted by Crippen LogP contribution is 2.37. The average Bonchev–Trinajstić information content (AvgIpc) is 2.71. The maximum atomic E-state index is 3.94. The lowest BCUT2D eigenvalue weighted by Crippen LogP contribution is -1.76. The van der Waals surface area contributed by atoms with Crippen molar-refractivity contribution < 1.29 is 0 Å².